The molecule has 1 aromatic carbocycles. The molecule has 0 heterocycles. The van der Waals surface area contributed by atoms with Gasteiger partial charge in [-0.2, -0.15) is 5.26 Å². The summed E-state index contributed by atoms with van der Waals surface area (Å²) in [6.07, 6.45) is 4.20. The highest BCUT2D eigenvalue weighted by Gasteiger charge is 2.35. The lowest BCUT2D eigenvalue weighted by Crippen LogP contribution is -2.52. The molecule has 0 spiro atoms. The Balaban J connectivity index is 2.23. The van der Waals surface area contributed by atoms with Crippen LogP contribution in [0.5, 0.6) is 0 Å². The van der Waals surface area contributed by atoms with Crippen LogP contribution in [0.2, 0.25) is 0 Å². The number of nitrogens with one attached hydrogen (secondary N) is 1. The monoisotopic (exact) mass is 294 g/mol. The molecule has 1 fully saturated rings. The van der Waals surface area contributed by atoms with Crippen LogP contribution in [-0.2, 0) is 10.0 Å². The Bertz CT molecular complexity index is 596. The minimum Gasteiger partial charge on any atom is -0.394 e. The van der Waals surface area contributed by atoms with Crippen molar-refractivity contribution in [3.63, 3.8) is 0 Å². The molecule has 1 aromatic rings. The highest BCUT2D eigenvalue weighted by molar-refractivity contribution is 7.89. The molecule has 108 valence electrons. The van der Waals surface area contributed by atoms with Gasteiger partial charge in [-0.1, -0.05) is 19.3 Å². The molecule has 2 rings (SSSR count). The highest BCUT2D eigenvalue weighted by atomic mass is 32.2. The summed E-state index contributed by atoms with van der Waals surface area (Å²) in [6.45, 7) is -0.192. The molecule has 0 bridgehead atoms. The number of hydrogen-bond acceptors (Lipinski definition) is 4. The molecule has 0 unspecified atom stereocenters. The molecule has 0 saturated heterocycles. The van der Waals surface area contributed by atoms with E-state index in [4.69, 9.17) is 5.26 Å². The molecule has 20 heavy (non-hydrogen) atoms. The molecule has 0 radical (unpaired) electrons. The molecule has 0 aliphatic heterocycles. The maximum Gasteiger partial charge on any atom is 0.241 e. The second-order valence-corrected chi connectivity index (χ2v) is 6.92. The summed E-state index contributed by atoms with van der Waals surface area (Å²) >= 11 is 0. The summed E-state index contributed by atoms with van der Waals surface area (Å²) in [5.41, 5.74) is -0.330. The fourth-order valence-corrected chi connectivity index (χ4v) is 4.02. The average molecular weight is 294 g/mol. The Labute approximate surface area is 119 Å². The lowest BCUT2D eigenvalue weighted by Gasteiger charge is -2.36. The van der Waals surface area contributed by atoms with Crippen molar-refractivity contribution in [3.8, 4) is 6.07 Å². The van der Waals surface area contributed by atoms with Gasteiger partial charge < -0.3 is 5.11 Å². The summed E-state index contributed by atoms with van der Waals surface area (Å²) in [5.74, 6) is 0. The lowest BCUT2D eigenvalue weighted by atomic mass is 9.83. The third-order valence-corrected chi connectivity index (χ3v) is 5.35. The highest BCUT2D eigenvalue weighted by Crippen LogP contribution is 2.29. The number of rotatable bonds is 4. The molecule has 1 aliphatic carbocycles. The van der Waals surface area contributed by atoms with E-state index < -0.39 is 15.6 Å². The first kappa shape index (κ1) is 15.0. The van der Waals surface area contributed by atoms with E-state index in [-0.39, 0.29) is 11.5 Å². The molecule has 1 aliphatic rings. The van der Waals surface area contributed by atoms with Gasteiger partial charge in [0.2, 0.25) is 10.0 Å². The number of nitriles is 1. The third-order valence-electron chi connectivity index (χ3n) is 3.76. The Morgan fingerprint density at radius 1 is 1.20 bits per heavy atom. The first-order chi connectivity index (χ1) is 9.51. The van der Waals surface area contributed by atoms with Crippen LogP contribution in [0, 0.1) is 11.3 Å². The van der Waals surface area contributed by atoms with Gasteiger partial charge in [0.25, 0.3) is 0 Å². The van der Waals surface area contributed by atoms with Gasteiger partial charge in [-0.05, 0) is 37.1 Å². The quantitative estimate of drug-likeness (QED) is 0.881. The second-order valence-electron chi connectivity index (χ2n) is 5.24. The van der Waals surface area contributed by atoms with E-state index in [1.54, 1.807) is 0 Å². The first-order valence-corrected chi connectivity index (χ1v) is 8.15. The fourth-order valence-electron chi connectivity index (χ4n) is 2.57. The molecular formula is C14H18N2O3S. The maximum atomic E-state index is 12.4. The van der Waals surface area contributed by atoms with Gasteiger partial charge in [0, 0.05) is 0 Å². The van der Waals surface area contributed by atoms with Crippen molar-refractivity contribution in [2.24, 2.45) is 0 Å². The summed E-state index contributed by atoms with van der Waals surface area (Å²) in [4.78, 5) is 0.120. The zero-order valence-corrected chi connectivity index (χ0v) is 12.0. The van der Waals surface area contributed by atoms with Crippen LogP contribution in [0.3, 0.4) is 0 Å². The van der Waals surface area contributed by atoms with Gasteiger partial charge in [-0.3, -0.25) is 0 Å². The van der Waals surface area contributed by atoms with Gasteiger partial charge >= 0.3 is 0 Å². The van der Waals surface area contributed by atoms with Crippen molar-refractivity contribution >= 4 is 10.0 Å². The van der Waals surface area contributed by atoms with Crippen LogP contribution in [-0.4, -0.2) is 25.7 Å². The zero-order chi connectivity index (χ0) is 14.6. The Kier molecular flexibility index (Phi) is 4.43. The average Bonchev–Trinajstić information content (AvgIpc) is 2.48. The number of sulfonamides is 1. The number of aliphatic hydroxyl groups excluding tert-OH is 1. The molecule has 2 N–H and O–H groups in total. The lowest BCUT2D eigenvalue weighted by molar-refractivity contribution is 0.142. The predicted octanol–water partition coefficient (Wildman–Crippen LogP) is 1.53. The topological polar surface area (TPSA) is 90.2 Å². The molecular weight excluding hydrogens is 276 g/mol. The minimum absolute atomic E-state index is 0.120. The van der Waals surface area contributed by atoms with Gasteiger partial charge in [0.15, 0.2) is 0 Å². The van der Waals surface area contributed by atoms with E-state index in [9.17, 15) is 13.5 Å². The van der Waals surface area contributed by atoms with Crippen molar-refractivity contribution in [2.45, 2.75) is 42.5 Å². The molecule has 1 saturated carbocycles. The van der Waals surface area contributed by atoms with Gasteiger partial charge in [-0.15, -0.1) is 0 Å². The van der Waals surface area contributed by atoms with E-state index >= 15 is 0 Å². The first-order valence-electron chi connectivity index (χ1n) is 6.66. The van der Waals surface area contributed by atoms with Gasteiger partial charge in [0.05, 0.1) is 28.7 Å². The van der Waals surface area contributed by atoms with E-state index in [1.807, 2.05) is 6.07 Å². The SMILES string of the molecule is N#Cc1ccc(S(=O)(=O)NC2(CO)CCCCC2)cc1. The maximum absolute atomic E-state index is 12.4. The fraction of sp³-hybridized carbons (Fsp3) is 0.500. The summed E-state index contributed by atoms with van der Waals surface area (Å²) < 4.78 is 27.4. The Morgan fingerprint density at radius 3 is 2.30 bits per heavy atom. The number of benzene rings is 1. The smallest absolute Gasteiger partial charge is 0.241 e. The normalized spacial score (nSPS) is 18.4. The molecule has 6 heteroatoms. The summed E-state index contributed by atoms with van der Waals surface area (Å²) in [7, 11) is -3.67. The number of nitrogens with zero attached hydrogens (tertiary/aromatic N) is 1. The predicted molar refractivity (Wildman–Crippen MR) is 74.4 cm³/mol. The van der Waals surface area contributed by atoms with Crippen molar-refractivity contribution in [2.75, 3.05) is 6.61 Å². The molecule has 0 aromatic heterocycles. The van der Waals surface area contributed by atoms with E-state index in [0.717, 1.165) is 19.3 Å². The molecule has 5 nitrogen and oxygen atoms in total. The largest absolute Gasteiger partial charge is 0.394 e. The summed E-state index contributed by atoms with van der Waals surface area (Å²) in [5, 5.41) is 18.3. The van der Waals surface area contributed by atoms with Gasteiger partial charge in [-0.25, -0.2) is 13.1 Å². The van der Waals surface area contributed by atoms with E-state index in [1.165, 1.54) is 24.3 Å². The third kappa shape index (κ3) is 3.18. The second kappa shape index (κ2) is 5.92. The number of aliphatic hydroxyl groups is 1. The number of hydrogen-bond donors (Lipinski definition) is 2. The van der Waals surface area contributed by atoms with Crippen molar-refractivity contribution in [3.05, 3.63) is 29.8 Å². The van der Waals surface area contributed by atoms with Crippen LogP contribution in [0.25, 0.3) is 0 Å². The Hall–Kier alpha value is -1.42. The molecule has 0 atom stereocenters. The van der Waals surface area contributed by atoms with E-state index in [2.05, 4.69) is 4.72 Å². The molecule has 0 amide bonds. The van der Waals surface area contributed by atoms with Crippen LogP contribution >= 0.6 is 0 Å². The van der Waals surface area contributed by atoms with Gasteiger partial charge in [0.1, 0.15) is 0 Å². The van der Waals surface area contributed by atoms with Crippen molar-refractivity contribution < 1.29 is 13.5 Å². The van der Waals surface area contributed by atoms with Crippen LogP contribution in [0.15, 0.2) is 29.2 Å². The minimum atomic E-state index is -3.67. The van der Waals surface area contributed by atoms with Crippen molar-refractivity contribution in [1.82, 2.24) is 4.72 Å². The van der Waals surface area contributed by atoms with Crippen LogP contribution < -0.4 is 4.72 Å². The standard InChI is InChI=1S/C14H18N2O3S/c15-10-12-4-6-13(7-5-12)20(18,19)16-14(11-17)8-2-1-3-9-14/h4-7,16-17H,1-3,8-9,11H2. The van der Waals surface area contributed by atoms with Crippen LogP contribution in [0.4, 0.5) is 0 Å². The Morgan fingerprint density at radius 2 is 1.80 bits per heavy atom. The van der Waals surface area contributed by atoms with E-state index in [0.29, 0.717) is 18.4 Å². The zero-order valence-electron chi connectivity index (χ0n) is 11.2. The summed E-state index contributed by atoms with van der Waals surface area (Å²) in [6, 6.07) is 7.72. The van der Waals surface area contributed by atoms with Crippen molar-refractivity contribution in [1.29, 1.82) is 5.26 Å². The van der Waals surface area contributed by atoms with Crippen LogP contribution in [0.1, 0.15) is 37.7 Å².